The molecular weight excluding hydrogens is 939 g/mol. The van der Waals surface area contributed by atoms with E-state index >= 15 is 0 Å². The predicted molar refractivity (Wildman–Crippen MR) is 251 cm³/mol. The summed E-state index contributed by atoms with van der Waals surface area (Å²) in [6, 6.07) is 35.9. The Balaban J connectivity index is 1.43. The smallest absolute Gasteiger partial charge is 0.166 e. The Hall–Kier alpha value is -5.70. The second-order valence-corrected chi connectivity index (χ2v) is 21.4. The zero-order valence-corrected chi connectivity index (χ0v) is 38.5. The van der Waals surface area contributed by atoms with Crippen LogP contribution >= 0.6 is 15.8 Å². The molecule has 350 valence electrons. The molecule has 0 nitrogen and oxygen atoms in total. The van der Waals surface area contributed by atoms with Crippen molar-refractivity contribution in [1.29, 1.82) is 0 Å². The van der Waals surface area contributed by atoms with Crippen LogP contribution < -0.4 is 21.2 Å². The second kappa shape index (κ2) is 18.3. The topological polar surface area (TPSA) is 0 Å². The van der Waals surface area contributed by atoms with E-state index in [1.807, 2.05) is 80.6 Å². The first-order chi connectivity index (χ1) is 31.8. The van der Waals surface area contributed by atoms with Crippen molar-refractivity contribution >= 4 is 58.6 Å². The molecule has 0 spiro atoms. The third kappa shape index (κ3) is 10.5. The molecule has 0 radical (unpaired) electrons. The van der Waals surface area contributed by atoms with Crippen molar-refractivity contribution in [3.8, 4) is 11.1 Å². The third-order valence-corrected chi connectivity index (χ3v) is 16.6. The lowest BCUT2D eigenvalue weighted by atomic mass is 9.88. The number of fused-ring (bicyclic) bond motifs is 2. The first-order valence-corrected chi connectivity index (χ1v) is 24.2. The highest BCUT2D eigenvalue weighted by molar-refractivity contribution is 7.72. The van der Waals surface area contributed by atoms with Crippen molar-refractivity contribution in [3.63, 3.8) is 0 Å². The minimum Gasteiger partial charge on any atom is -0.166 e. The molecule has 0 aliphatic rings. The summed E-state index contributed by atoms with van der Waals surface area (Å²) in [6.07, 6.45) is -20.1. The molecule has 0 aliphatic heterocycles. The van der Waals surface area contributed by atoms with E-state index in [1.54, 1.807) is 37.3 Å². The number of rotatable bonds is 9. The van der Waals surface area contributed by atoms with Crippen LogP contribution in [0, 0.1) is 27.7 Å². The molecule has 0 saturated carbocycles. The van der Waals surface area contributed by atoms with Crippen LogP contribution in [-0.2, 0) is 37.0 Å². The van der Waals surface area contributed by atoms with E-state index in [0.29, 0.717) is 61.4 Å². The molecule has 0 fully saturated rings. The Morgan fingerprint density at radius 1 is 0.324 bits per heavy atom. The molecule has 0 N–H and O–H groups in total. The number of aryl methyl sites for hydroxylation is 4. The van der Waals surface area contributed by atoms with Gasteiger partial charge in [-0.25, -0.2) is 0 Å². The lowest BCUT2D eigenvalue weighted by Gasteiger charge is -2.27. The van der Waals surface area contributed by atoms with Gasteiger partial charge >= 0.3 is 24.7 Å². The van der Waals surface area contributed by atoms with Gasteiger partial charge in [-0.1, -0.05) is 114 Å². The van der Waals surface area contributed by atoms with Gasteiger partial charge < -0.3 is 0 Å². The molecule has 8 aromatic carbocycles. The number of alkyl halides is 12. The lowest BCUT2D eigenvalue weighted by molar-refractivity contribution is -0.143. The molecule has 8 rings (SSSR count). The quantitative estimate of drug-likeness (QED) is 0.0999. The minimum atomic E-state index is -5.24. The van der Waals surface area contributed by atoms with E-state index in [2.05, 4.69) is 0 Å². The number of hydrogen-bond acceptors (Lipinski definition) is 0. The van der Waals surface area contributed by atoms with E-state index < -0.39 is 68.1 Å². The summed E-state index contributed by atoms with van der Waals surface area (Å²) >= 11 is 0. The van der Waals surface area contributed by atoms with Gasteiger partial charge in [0.2, 0.25) is 0 Å². The largest absolute Gasteiger partial charge is 0.416 e. The van der Waals surface area contributed by atoms with Crippen molar-refractivity contribution in [2.45, 2.75) is 64.7 Å². The molecule has 0 aromatic heterocycles. The molecule has 0 saturated heterocycles. The fourth-order valence-corrected chi connectivity index (χ4v) is 14.0. The van der Waals surface area contributed by atoms with Crippen LogP contribution in [-0.4, -0.2) is 0 Å². The Morgan fingerprint density at radius 3 is 0.971 bits per heavy atom. The number of hydrogen-bond donors (Lipinski definition) is 0. The molecular formula is C54H40F12P2. The van der Waals surface area contributed by atoms with E-state index in [-0.39, 0.29) is 29.3 Å². The zero-order chi connectivity index (χ0) is 49.1. The summed E-state index contributed by atoms with van der Waals surface area (Å²) in [5, 5.41) is 3.57. The predicted octanol–water partition coefficient (Wildman–Crippen LogP) is 16.2. The van der Waals surface area contributed by atoms with Crippen LogP contribution in [0.25, 0.3) is 32.7 Å². The minimum absolute atomic E-state index is 0.00190. The van der Waals surface area contributed by atoms with Crippen molar-refractivity contribution < 1.29 is 52.7 Å². The third-order valence-electron chi connectivity index (χ3n) is 11.7. The highest BCUT2D eigenvalue weighted by Crippen LogP contribution is 2.50. The Bertz CT molecular complexity index is 3150. The SMILES string of the molecule is Cc1cc(C)cc(P(Cc2ccc3ccccc3c2-c2c(CP(c3cc(C)cc(C(F)(F)F)c3)c3cc(C(F)(F)F)cc(C(F)(F)F)c3)ccc3ccccc23)c2cc(C)cc(C(F)(F)F)c2)c1. The van der Waals surface area contributed by atoms with Crippen LogP contribution in [0.3, 0.4) is 0 Å². The Kier molecular flexibility index (Phi) is 13.1. The van der Waals surface area contributed by atoms with Crippen LogP contribution in [0.1, 0.15) is 55.6 Å². The molecule has 8 aromatic rings. The standard InChI is InChI=1S/C54H40F12P2/c1-31-17-32(2)21-43(20-31)67(44-22-33(3)18-39(25-44)51(55,56)57)29-37-15-13-35-9-5-7-11-47(35)49(37)50-38(16-14-36-10-6-8-12-48(36)50)30-68(45-23-34(4)19-40(26-45)52(58,59)60)46-27-41(53(61,62)63)24-42(28-46)54(64,65)66/h5-28H,29-30H2,1-4H3. The molecule has 2 unspecified atom stereocenters. The normalized spacial score (nSPS) is 13.6. The summed E-state index contributed by atoms with van der Waals surface area (Å²) in [4.78, 5) is 0. The Morgan fingerprint density at radius 2 is 0.618 bits per heavy atom. The molecule has 0 aliphatic carbocycles. The average Bonchev–Trinajstić information content (AvgIpc) is 3.25. The van der Waals surface area contributed by atoms with E-state index in [1.165, 1.54) is 19.1 Å². The molecule has 14 heteroatoms. The fraction of sp³-hybridized carbons (Fsp3) is 0.185. The van der Waals surface area contributed by atoms with Gasteiger partial charge in [0.15, 0.2) is 0 Å². The van der Waals surface area contributed by atoms with Crippen LogP contribution in [0.15, 0.2) is 146 Å². The first kappa shape index (κ1) is 48.7. The molecule has 0 bridgehead atoms. The zero-order valence-electron chi connectivity index (χ0n) is 36.7. The maximum atomic E-state index is 14.5. The van der Waals surface area contributed by atoms with Gasteiger partial charge in [0.05, 0.1) is 22.3 Å². The maximum absolute atomic E-state index is 14.5. The highest BCUT2D eigenvalue weighted by Gasteiger charge is 2.39. The van der Waals surface area contributed by atoms with E-state index in [9.17, 15) is 52.7 Å². The van der Waals surface area contributed by atoms with E-state index in [4.69, 9.17) is 0 Å². The molecule has 0 heterocycles. The monoisotopic (exact) mass is 978 g/mol. The van der Waals surface area contributed by atoms with Crippen LogP contribution in [0.4, 0.5) is 52.7 Å². The van der Waals surface area contributed by atoms with Crippen LogP contribution in [0.5, 0.6) is 0 Å². The van der Waals surface area contributed by atoms with Crippen molar-refractivity contribution in [2.75, 3.05) is 0 Å². The van der Waals surface area contributed by atoms with Gasteiger partial charge in [-0.3, -0.25) is 0 Å². The summed E-state index contributed by atoms with van der Waals surface area (Å²) in [5.74, 6) is 0. The molecule has 68 heavy (non-hydrogen) atoms. The first-order valence-electron chi connectivity index (χ1n) is 21.2. The summed E-state index contributed by atoms with van der Waals surface area (Å²) in [7, 11) is -4.07. The summed E-state index contributed by atoms with van der Waals surface area (Å²) < 4.78 is 174. The van der Waals surface area contributed by atoms with Gasteiger partial charge in [0.25, 0.3) is 0 Å². The number of benzene rings is 8. The van der Waals surface area contributed by atoms with Gasteiger partial charge in [0, 0.05) is 12.3 Å². The van der Waals surface area contributed by atoms with Crippen molar-refractivity contribution in [1.82, 2.24) is 0 Å². The Labute approximate surface area is 387 Å². The highest BCUT2D eigenvalue weighted by atomic mass is 31.1. The van der Waals surface area contributed by atoms with Gasteiger partial charge in [0.1, 0.15) is 0 Å². The number of halogens is 12. The van der Waals surface area contributed by atoms with Gasteiger partial charge in [-0.15, -0.1) is 0 Å². The van der Waals surface area contributed by atoms with Crippen molar-refractivity contribution in [2.24, 2.45) is 0 Å². The lowest BCUT2D eigenvalue weighted by Crippen LogP contribution is -2.21. The fourth-order valence-electron chi connectivity index (χ4n) is 8.86. The van der Waals surface area contributed by atoms with Gasteiger partial charge in [-0.05, 0) is 162 Å². The summed E-state index contributed by atoms with van der Waals surface area (Å²) in [5.41, 5.74) is -0.512. The van der Waals surface area contributed by atoms with Gasteiger partial charge in [-0.2, -0.15) is 52.7 Å². The molecule has 2 atom stereocenters. The maximum Gasteiger partial charge on any atom is 0.416 e. The average molecular weight is 979 g/mol. The molecule has 0 amide bonds. The second-order valence-electron chi connectivity index (χ2n) is 17.0. The van der Waals surface area contributed by atoms with Crippen LogP contribution in [0.2, 0.25) is 0 Å². The summed E-state index contributed by atoms with van der Waals surface area (Å²) in [6.45, 7) is 6.78. The van der Waals surface area contributed by atoms with Crippen molar-refractivity contribution in [3.05, 3.63) is 201 Å². The van der Waals surface area contributed by atoms with E-state index in [0.717, 1.165) is 40.0 Å².